The van der Waals surface area contributed by atoms with Gasteiger partial charge in [0.1, 0.15) is 0 Å². The summed E-state index contributed by atoms with van der Waals surface area (Å²) in [4.78, 5) is 17.7. The van der Waals surface area contributed by atoms with Crippen LogP contribution in [0.4, 0.5) is 5.69 Å². The third-order valence-corrected chi connectivity index (χ3v) is 7.19. The first kappa shape index (κ1) is 25.3. The van der Waals surface area contributed by atoms with Crippen LogP contribution in [0.15, 0.2) is 24.3 Å². The topological polar surface area (TPSA) is 55.8 Å². The summed E-state index contributed by atoms with van der Waals surface area (Å²) in [5.41, 5.74) is 0.796. The van der Waals surface area contributed by atoms with Crippen LogP contribution in [-0.2, 0) is 4.79 Å². The van der Waals surface area contributed by atoms with Gasteiger partial charge in [0.05, 0.1) is 12.1 Å². The highest BCUT2D eigenvalue weighted by Crippen LogP contribution is 2.38. The fourth-order valence-corrected chi connectivity index (χ4v) is 5.56. The number of aliphatic hydroxyl groups excluding tert-OH is 1. The lowest BCUT2D eigenvalue weighted by molar-refractivity contribution is -0.132. The molecule has 3 rings (SSSR count). The summed E-state index contributed by atoms with van der Waals surface area (Å²) < 4.78 is 0. The number of fused-ring (bicyclic) bond motifs is 1. The number of aliphatic hydroxyl groups is 1. The van der Waals surface area contributed by atoms with Crippen molar-refractivity contribution in [3.8, 4) is 0 Å². The van der Waals surface area contributed by atoms with Crippen LogP contribution in [0.2, 0.25) is 5.02 Å². The Morgan fingerprint density at radius 3 is 2.41 bits per heavy atom. The average molecular weight is 464 g/mol. The van der Waals surface area contributed by atoms with Gasteiger partial charge < -0.3 is 15.3 Å². The van der Waals surface area contributed by atoms with E-state index in [1.807, 2.05) is 45.0 Å². The van der Waals surface area contributed by atoms with Crippen molar-refractivity contribution >= 4 is 23.2 Å². The molecule has 0 bridgehead atoms. The average Bonchev–Trinajstić information content (AvgIpc) is 2.71. The van der Waals surface area contributed by atoms with Gasteiger partial charge >= 0.3 is 0 Å². The Morgan fingerprint density at radius 1 is 1.19 bits per heavy atom. The molecule has 1 aromatic carbocycles. The summed E-state index contributed by atoms with van der Waals surface area (Å²) in [7, 11) is 0. The highest BCUT2D eigenvalue weighted by Gasteiger charge is 2.41. The SMILES string of the molecule is CC(C)N(C[C@H](O)CN1C[C@H]2CCCC[C@H]2C[C@H]1C(=O)NC(C)(C)C)c1ccc(Cl)cc1. The zero-order chi connectivity index (χ0) is 23.5. The van der Waals surface area contributed by atoms with Crippen LogP contribution in [0.5, 0.6) is 0 Å². The van der Waals surface area contributed by atoms with Crippen LogP contribution in [0.1, 0.15) is 66.7 Å². The van der Waals surface area contributed by atoms with Crippen molar-refractivity contribution in [3.63, 3.8) is 0 Å². The normalized spacial score (nSPS) is 25.3. The van der Waals surface area contributed by atoms with Crippen LogP contribution in [-0.4, -0.2) is 59.3 Å². The highest BCUT2D eigenvalue weighted by molar-refractivity contribution is 6.30. The lowest BCUT2D eigenvalue weighted by Gasteiger charge is -2.47. The molecule has 6 heteroatoms. The standard InChI is InChI=1S/C26H42ClN3O2/c1-18(2)30(22-12-10-21(27)11-13-22)17-23(31)16-29-15-20-9-7-6-8-19(20)14-24(29)25(32)28-26(3,4)5/h10-13,18-20,23-24,31H,6-9,14-17H2,1-5H3,(H,28,32)/t19-,20+,23+,24-/m0/s1. The minimum Gasteiger partial charge on any atom is -0.390 e. The zero-order valence-electron chi connectivity index (χ0n) is 20.5. The summed E-state index contributed by atoms with van der Waals surface area (Å²) >= 11 is 6.07. The molecular formula is C26H42ClN3O2. The number of benzene rings is 1. The zero-order valence-corrected chi connectivity index (χ0v) is 21.2. The van der Waals surface area contributed by atoms with Gasteiger partial charge in [0, 0.05) is 41.9 Å². The van der Waals surface area contributed by atoms with Crippen molar-refractivity contribution in [1.29, 1.82) is 0 Å². The van der Waals surface area contributed by atoms with Gasteiger partial charge in [0.15, 0.2) is 0 Å². The number of likely N-dealkylation sites (tertiary alicyclic amines) is 1. The Morgan fingerprint density at radius 2 is 1.81 bits per heavy atom. The number of amides is 1. The number of rotatable bonds is 7. The minimum atomic E-state index is -0.543. The molecule has 5 nitrogen and oxygen atoms in total. The molecule has 1 amide bonds. The third-order valence-electron chi connectivity index (χ3n) is 6.94. The van der Waals surface area contributed by atoms with E-state index in [1.54, 1.807) is 0 Å². The predicted molar refractivity (Wildman–Crippen MR) is 133 cm³/mol. The van der Waals surface area contributed by atoms with Gasteiger partial charge in [-0.05, 0) is 83.6 Å². The van der Waals surface area contributed by atoms with Gasteiger partial charge in [0.25, 0.3) is 0 Å². The molecule has 32 heavy (non-hydrogen) atoms. The summed E-state index contributed by atoms with van der Waals surface area (Å²) in [5, 5.41) is 15.0. The number of halogens is 1. The largest absolute Gasteiger partial charge is 0.390 e. The maximum Gasteiger partial charge on any atom is 0.237 e. The van der Waals surface area contributed by atoms with Crippen LogP contribution >= 0.6 is 11.6 Å². The molecule has 0 spiro atoms. The number of hydrogen-bond donors (Lipinski definition) is 2. The van der Waals surface area contributed by atoms with Crippen molar-refractivity contribution in [3.05, 3.63) is 29.3 Å². The van der Waals surface area contributed by atoms with Crippen molar-refractivity contribution in [2.75, 3.05) is 24.5 Å². The molecule has 1 saturated carbocycles. The molecule has 180 valence electrons. The molecule has 2 fully saturated rings. The van der Waals surface area contributed by atoms with E-state index >= 15 is 0 Å². The molecular weight excluding hydrogens is 422 g/mol. The second kappa shape index (κ2) is 10.8. The Labute approximate surface area is 199 Å². The smallest absolute Gasteiger partial charge is 0.237 e. The number of carbonyl (C=O) groups excluding carboxylic acids is 1. The van der Waals surface area contributed by atoms with Crippen molar-refractivity contribution in [1.82, 2.24) is 10.2 Å². The summed E-state index contributed by atoms with van der Waals surface area (Å²) in [5.74, 6) is 1.38. The number of piperidine rings is 1. The number of anilines is 1. The highest BCUT2D eigenvalue weighted by atomic mass is 35.5. The first-order valence-electron chi connectivity index (χ1n) is 12.3. The van der Waals surface area contributed by atoms with Gasteiger partial charge in [-0.1, -0.05) is 30.9 Å². The number of nitrogens with zero attached hydrogens (tertiary/aromatic N) is 2. The Hall–Kier alpha value is -1.30. The predicted octanol–water partition coefficient (Wildman–Crippen LogP) is 4.71. The first-order chi connectivity index (χ1) is 15.0. The van der Waals surface area contributed by atoms with E-state index < -0.39 is 6.10 Å². The first-order valence-corrected chi connectivity index (χ1v) is 12.7. The maximum absolute atomic E-state index is 13.2. The Kier molecular flexibility index (Phi) is 8.51. The van der Waals surface area contributed by atoms with Crippen LogP contribution in [0.25, 0.3) is 0 Å². The van der Waals surface area contributed by atoms with Gasteiger partial charge in [-0.25, -0.2) is 0 Å². The monoisotopic (exact) mass is 463 g/mol. The van der Waals surface area contributed by atoms with E-state index in [0.717, 1.165) is 18.7 Å². The van der Waals surface area contributed by atoms with Crippen molar-refractivity contribution in [2.45, 2.75) is 90.4 Å². The molecule has 0 aromatic heterocycles. The number of nitrogens with one attached hydrogen (secondary N) is 1. The van der Waals surface area contributed by atoms with Gasteiger partial charge in [-0.15, -0.1) is 0 Å². The second-order valence-electron chi connectivity index (χ2n) is 11.1. The van der Waals surface area contributed by atoms with Gasteiger partial charge in [-0.2, -0.15) is 0 Å². The fraction of sp³-hybridized carbons (Fsp3) is 0.731. The molecule has 1 saturated heterocycles. The summed E-state index contributed by atoms with van der Waals surface area (Å²) in [6.07, 6.45) is 5.41. The van der Waals surface area contributed by atoms with E-state index in [9.17, 15) is 9.90 Å². The van der Waals surface area contributed by atoms with Gasteiger partial charge in [-0.3, -0.25) is 9.69 Å². The number of hydrogen-bond acceptors (Lipinski definition) is 4. The molecule has 4 atom stereocenters. The van der Waals surface area contributed by atoms with Crippen LogP contribution < -0.4 is 10.2 Å². The van der Waals surface area contributed by atoms with E-state index in [4.69, 9.17) is 11.6 Å². The quantitative estimate of drug-likeness (QED) is 0.614. The Balaban J connectivity index is 1.71. The second-order valence-corrected chi connectivity index (χ2v) is 11.6. The molecule has 1 heterocycles. The van der Waals surface area contributed by atoms with Crippen molar-refractivity contribution < 1.29 is 9.90 Å². The lowest BCUT2D eigenvalue weighted by atomic mass is 9.72. The van der Waals surface area contributed by atoms with Crippen molar-refractivity contribution in [2.24, 2.45) is 11.8 Å². The molecule has 1 aliphatic carbocycles. The molecule has 2 aliphatic rings. The summed E-state index contributed by atoms with van der Waals surface area (Å²) in [6, 6.07) is 7.87. The van der Waals surface area contributed by atoms with E-state index in [-0.39, 0.29) is 23.5 Å². The lowest BCUT2D eigenvalue weighted by Crippen LogP contribution is -2.59. The molecule has 2 N–H and O–H groups in total. The maximum atomic E-state index is 13.2. The molecule has 0 unspecified atom stereocenters. The molecule has 1 aliphatic heterocycles. The summed E-state index contributed by atoms with van der Waals surface area (Å²) in [6.45, 7) is 12.3. The van der Waals surface area contributed by atoms with E-state index in [0.29, 0.717) is 29.9 Å². The number of β-amino-alcohol motifs (C(OH)–C–C–N with tert-alkyl or cyclic N) is 1. The number of carbonyl (C=O) groups is 1. The minimum absolute atomic E-state index is 0.104. The molecule has 1 aromatic rings. The van der Waals surface area contributed by atoms with E-state index in [1.165, 1.54) is 25.7 Å². The molecule has 0 radical (unpaired) electrons. The van der Waals surface area contributed by atoms with Gasteiger partial charge in [0.2, 0.25) is 5.91 Å². The van der Waals surface area contributed by atoms with Crippen LogP contribution in [0.3, 0.4) is 0 Å². The fourth-order valence-electron chi connectivity index (χ4n) is 5.43. The third kappa shape index (κ3) is 6.85. The Bertz CT molecular complexity index is 746. The van der Waals surface area contributed by atoms with Crippen LogP contribution in [0, 0.1) is 11.8 Å². The van der Waals surface area contributed by atoms with E-state index in [2.05, 4.69) is 29.0 Å².